The maximum absolute atomic E-state index is 9.57. The molecule has 1 aromatic rings. The zero-order chi connectivity index (χ0) is 11.9. The molecule has 1 fully saturated rings. The van der Waals surface area contributed by atoms with Crippen molar-refractivity contribution in [2.24, 2.45) is 5.92 Å². The number of nitrogens with zero attached hydrogens (tertiary/aromatic N) is 1. The largest absolute Gasteiger partial charge is 0.454 e. The second-order valence-electron chi connectivity index (χ2n) is 4.94. The Hall–Kier alpha value is -1.69. The Morgan fingerprint density at radius 2 is 2.18 bits per heavy atom. The average molecular weight is 229 g/mol. The summed E-state index contributed by atoms with van der Waals surface area (Å²) in [5.74, 6) is 1.97. The molecule has 1 heterocycles. The quantitative estimate of drug-likeness (QED) is 0.743. The van der Waals surface area contributed by atoms with Gasteiger partial charge in [-0.1, -0.05) is 19.4 Å². The van der Waals surface area contributed by atoms with Gasteiger partial charge in [0.2, 0.25) is 6.79 Å². The molecule has 3 rings (SSSR count). The van der Waals surface area contributed by atoms with Crippen molar-refractivity contribution in [3.05, 3.63) is 23.8 Å². The van der Waals surface area contributed by atoms with Crippen LogP contribution in [0.1, 0.15) is 31.7 Å². The minimum absolute atomic E-state index is 0.286. The summed E-state index contributed by atoms with van der Waals surface area (Å²) in [5.41, 5.74) is 0.746. The van der Waals surface area contributed by atoms with E-state index in [4.69, 9.17) is 9.47 Å². The summed E-state index contributed by atoms with van der Waals surface area (Å²) >= 11 is 0. The Balaban J connectivity index is 2.06. The lowest BCUT2D eigenvalue weighted by Gasteiger charge is -2.26. The molecular weight excluding hydrogens is 214 g/mol. The van der Waals surface area contributed by atoms with E-state index in [1.807, 2.05) is 18.2 Å². The predicted octanol–water partition coefficient (Wildman–Crippen LogP) is 3.00. The van der Waals surface area contributed by atoms with Crippen LogP contribution in [0.4, 0.5) is 0 Å². The molecule has 2 unspecified atom stereocenters. The van der Waals surface area contributed by atoms with Crippen LogP contribution in [0.15, 0.2) is 18.2 Å². The van der Waals surface area contributed by atoms with Gasteiger partial charge in [-0.3, -0.25) is 0 Å². The summed E-state index contributed by atoms with van der Waals surface area (Å²) < 4.78 is 10.7. The van der Waals surface area contributed by atoms with Crippen molar-refractivity contribution in [3.63, 3.8) is 0 Å². The smallest absolute Gasteiger partial charge is 0.231 e. The van der Waals surface area contributed by atoms with Crippen LogP contribution in [-0.2, 0) is 5.41 Å². The van der Waals surface area contributed by atoms with Crippen molar-refractivity contribution < 1.29 is 9.47 Å². The third kappa shape index (κ3) is 1.40. The Kier molecular flexibility index (Phi) is 2.25. The van der Waals surface area contributed by atoms with Gasteiger partial charge in [0.25, 0.3) is 0 Å². The van der Waals surface area contributed by atoms with Crippen LogP contribution in [0.2, 0.25) is 0 Å². The molecule has 2 aliphatic rings. The van der Waals surface area contributed by atoms with E-state index in [1.165, 1.54) is 0 Å². The van der Waals surface area contributed by atoms with Crippen LogP contribution in [0.25, 0.3) is 0 Å². The topological polar surface area (TPSA) is 42.2 Å². The molecule has 0 radical (unpaired) electrons. The molecule has 3 heteroatoms. The van der Waals surface area contributed by atoms with Gasteiger partial charge in [-0.15, -0.1) is 0 Å². The van der Waals surface area contributed by atoms with E-state index < -0.39 is 0 Å². The maximum Gasteiger partial charge on any atom is 0.231 e. The first-order chi connectivity index (χ1) is 8.26. The van der Waals surface area contributed by atoms with E-state index in [9.17, 15) is 5.26 Å². The van der Waals surface area contributed by atoms with Gasteiger partial charge in [-0.05, 0) is 36.5 Å². The van der Waals surface area contributed by atoms with Crippen molar-refractivity contribution in [3.8, 4) is 17.6 Å². The molecule has 0 aromatic heterocycles. The highest BCUT2D eigenvalue weighted by Gasteiger charge is 2.42. The van der Waals surface area contributed by atoms with E-state index in [0.29, 0.717) is 5.92 Å². The number of hydrogen-bond acceptors (Lipinski definition) is 3. The van der Waals surface area contributed by atoms with Crippen molar-refractivity contribution in [1.29, 1.82) is 5.26 Å². The Bertz CT molecular complexity index is 491. The monoisotopic (exact) mass is 229 g/mol. The SMILES string of the molecule is CC1CCCC1(C#N)c1ccc2c(c1)OCO2. The van der Waals surface area contributed by atoms with Crippen molar-refractivity contribution in [2.75, 3.05) is 6.79 Å². The second kappa shape index (κ2) is 3.66. The highest BCUT2D eigenvalue weighted by molar-refractivity contribution is 5.48. The van der Waals surface area contributed by atoms with Gasteiger partial charge in [0, 0.05) is 0 Å². The van der Waals surface area contributed by atoms with Crippen LogP contribution in [0, 0.1) is 17.2 Å². The lowest BCUT2D eigenvalue weighted by Crippen LogP contribution is -2.26. The highest BCUT2D eigenvalue weighted by Crippen LogP contribution is 2.47. The molecule has 0 spiro atoms. The second-order valence-corrected chi connectivity index (χ2v) is 4.94. The normalized spacial score (nSPS) is 30.2. The molecule has 1 aromatic carbocycles. The van der Waals surface area contributed by atoms with Crippen LogP contribution in [0.3, 0.4) is 0 Å². The van der Waals surface area contributed by atoms with E-state index >= 15 is 0 Å². The Labute approximate surface area is 101 Å². The molecule has 0 bridgehead atoms. The number of rotatable bonds is 1. The standard InChI is InChI=1S/C14H15NO2/c1-10-3-2-6-14(10,8-15)11-4-5-12-13(7-11)17-9-16-12/h4-5,7,10H,2-3,6,9H2,1H3. The van der Waals surface area contributed by atoms with E-state index in [2.05, 4.69) is 13.0 Å². The summed E-state index contributed by atoms with van der Waals surface area (Å²) in [6, 6.07) is 8.45. The van der Waals surface area contributed by atoms with Crippen molar-refractivity contribution in [2.45, 2.75) is 31.6 Å². The van der Waals surface area contributed by atoms with Crippen LogP contribution in [-0.4, -0.2) is 6.79 Å². The number of hydrogen-bond donors (Lipinski definition) is 0. The molecule has 17 heavy (non-hydrogen) atoms. The molecule has 1 aliphatic heterocycles. The molecule has 88 valence electrons. The fraction of sp³-hybridized carbons (Fsp3) is 0.500. The van der Waals surface area contributed by atoms with Crippen LogP contribution >= 0.6 is 0 Å². The zero-order valence-corrected chi connectivity index (χ0v) is 9.90. The average Bonchev–Trinajstić information content (AvgIpc) is 2.94. The van der Waals surface area contributed by atoms with Gasteiger partial charge >= 0.3 is 0 Å². The maximum atomic E-state index is 9.57. The fourth-order valence-electron chi connectivity index (χ4n) is 3.01. The van der Waals surface area contributed by atoms with Gasteiger partial charge < -0.3 is 9.47 Å². The lowest BCUT2D eigenvalue weighted by atomic mass is 9.74. The summed E-state index contributed by atoms with van der Waals surface area (Å²) in [7, 11) is 0. The first-order valence-electron chi connectivity index (χ1n) is 6.08. The van der Waals surface area contributed by atoms with Gasteiger partial charge in [0.15, 0.2) is 11.5 Å². The summed E-state index contributed by atoms with van der Waals surface area (Å²) in [6.07, 6.45) is 3.20. The Morgan fingerprint density at radius 1 is 1.35 bits per heavy atom. The molecule has 1 saturated carbocycles. The summed E-state index contributed by atoms with van der Waals surface area (Å²) in [6.45, 7) is 2.45. The molecular formula is C14H15NO2. The Morgan fingerprint density at radius 3 is 2.88 bits per heavy atom. The van der Waals surface area contributed by atoms with Crippen molar-refractivity contribution in [1.82, 2.24) is 0 Å². The predicted molar refractivity (Wildman–Crippen MR) is 62.9 cm³/mol. The fourth-order valence-corrected chi connectivity index (χ4v) is 3.01. The van der Waals surface area contributed by atoms with E-state index in [1.54, 1.807) is 0 Å². The highest BCUT2D eigenvalue weighted by atomic mass is 16.7. The third-order valence-corrected chi connectivity index (χ3v) is 4.14. The van der Waals surface area contributed by atoms with Gasteiger partial charge in [0.05, 0.1) is 11.5 Å². The first kappa shape index (κ1) is 10.5. The molecule has 2 atom stereocenters. The van der Waals surface area contributed by atoms with Gasteiger partial charge in [-0.2, -0.15) is 5.26 Å². The minimum Gasteiger partial charge on any atom is -0.454 e. The van der Waals surface area contributed by atoms with Gasteiger partial charge in [-0.25, -0.2) is 0 Å². The van der Waals surface area contributed by atoms with Gasteiger partial charge in [0.1, 0.15) is 0 Å². The minimum atomic E-state index is -0.332. The molecule has 0 saturated heterocycles. The molecule has 0 N–H and O–H groups in total. The van der Waals surface area contributed by atoms with Crippen LogP contribution in [0.5, 0.6) is 11.5 Å². The number of fused-ring (bicyclic) bond motifs is 1. The zero-order valence-electron chi connectivity index (χ0n) is 9.90. The third-order valence-electron chi connectivity index (χ3n) is 4.14. The number of benzene rings is 1. The lowest BCUT2D eigenvalue weighted by molar-refractivity contribution is 0.174. The van der Waals surface area contributed by atoms with E-state index in [-0.39, 0.29) is 12.2 Å². The molecule has 0 amide bonds. The summed E-state index contributed by atoms with van der Waals surface area (Å²) in [5, 5.41) is 9.57. The first-order valence-corrected chi connectivity index (χ1v) is 6.08. The summed E-state index contributed by atoms with van der Waals surface area (Å²) in [4.78, 5) is 0. The molecule has 3 nitrogen and oxygen atoms in total. The molecule has 1 aliphatic carbocycles. The van der Waals surface area contributed by atoms with Crippen LogP contribution < -0.4 is 9.47 Å². The number of nitriles is 1. The van der Waals surface area contributed by atoms with Crippen molar-refractivity contribution >= 4 is 0 Å². The number of ether oxygens (including phenoxy) is 2. The van der Waals surface area contributed by atoms with E-state index in [0.717, 1.165) is 36.3 Å².